The second-order valence-electron chi connectivity index (χ2n) is 8.25. The number of hydrogen-bond acceptors (Lipinski definition) is 6. The van der Waals surface area contributed by atoms with Crippen LogP contribution in [0.4, 0.5) is 4.39 Å². The van der Waals surface area contributed by atoms with Crippen molar-refractivity contribution in [3.05, 3.63) is 71.4 Å². The molecule has 0 saturated heterocycles. The van der Waals surface area contributed by atoms with E-state index in [1.54, 1.807) is 12.3 Å². The van der Waals surface area contributed by atoms with E-state index in [-0.39, 0.29) is 18.0 Å². The maximum absolute atomic E-state index is 14.3. The van der Waals surface area contributed by atoms with Crippen LogP contribution in [-0.4, -0.2) is 30.2 Å². The number of benzene rings is 1. The predicted octanol–water partition coefficient (Wildman–Crippen LogP) is 5.10. The Morgan fingerprint density at radius 2 is 2.03 bits per heavy atom. The summed E-state index contributed by atoms with van der Waals surface area (Å²) in [7, 11) is 2.90. The molecule has 3 aromatic rings. The minimum Gasteiger partial charge on any atom is -0.484 e. The number of esters is 1. The topological polar surface area (TPSA) is 70.5 Å². The second-order valence-corrected chi connectivity index (χ2v) is 8.25. The van der Waals surface area contributed by atoms with Crippen LogP contribution < -0.4 is 9.47 Å². The highest BCUT2D eigenvalue weighted by Crippen LogP contribution is 2.35. The number of carbonyl (C=O) groups is 1. The quantitative estimate of drug-likeness (QED) is 0.487. The van der Waals surface area contributed by atoms with Crippen molar-refractivity contribution in [1.82, 2.24) is 9.97 Å². The number of rotatable bonds is 6. The molecule has 6 nitrogen and oxygen atoms in total. The van der Waals surface area contributed by atoms with Gasteiger partial charge in [-0.3, -0.25) is 9.78 Å². The van der Waals surface area contributed by atoms with Gasteiger partial charge in [-0.15, -0.1) is 0 Å². The number of fused-ring (bicyclic) bond motifs is 1. The van der Waals surface area contributed by atoms with Gasteiger partial charge in [0.15, 0.2) is 0 Å². The van der Waals surface area contributed by atoms with Gasteiger partial charge in [-0.1, -0.05) is 25.1 Å². The Morgan fingerprint density at radius 1 is 1.18 bits per heavy atom. The van der Waals surface area contributed by atoms with Gasteiger partial charge in [0.25, 0.3) is 0 Å². The van der Waals surface area contributed by atoms with Crippen LogP contribution in [0.15, 0.2) is 48.8 Å². The minimum absolute atomic E-state index is 0.203. The van der Waals surface area contributed by atoms with Crippen LogP contribution in [0.2, 0.25) is 0 Å². The maximum atomic E-state index is 14.3. The molecule has 0 aliphatic carbocycles. The van der Waals surface area contributed by atoms with E-state index in [0.29, 0.717) is 23.4 Å². The predicted molar refractivity (Wildman–Crippen MR) is 122 cm³/mol. The molecule has 0 radical (unpaired) electrons. The molecule has 2 aromatic heterocycles. The molecule has 2 unspecified atom stereocenters. The molecule has 172 valence electrons. The molecule has 1 aliphatic rings. The molecule has 0 N–H and O–H groups in total. The highest BCUT2D eigenvalue weighted by atomic mass is 19.1. The Kier molecular flexibility index (Phi) is 6.87. The number of hydrogen-bond donors (Lipinski definition) is 0. The van der Waals surface area contributed by atoms with E-state index in [9.17, 15) is 9.18 Å². The summed E-state index contributed by atoms with van der Waals surface area (Å²) >= 11 is 0. The van der Waals surface area contributed by atoms with Gasteiger partial charge in [-0.2, -0.15) is 0 Å². The Morgan fingerprint density at radius 3 is 2.76 bits per heavy atom. The average molecular weight is 451 g/mol. The number of pyridine rings is 2. The molecule has 4 rings (SSSR count). The lowest BCUT2D eigenvalue weighted by Crippen LogP contribution is -2.15. The van der Waals surface area contributed by atoms with E-state index in [2.05, 4.69) is 16.0 Å². The monoisotopic (exact) mass is 450 g/mol. The van der Waals surface area contributed by atoms with Crippen LogP contribution in [-0.2, 0) is 22.4 Å². The van der Waals surface area contributed by atoms with Gasteiger partial charge in [-0.05, 0) is 48.9 Å². The number of halogens is 1. The minimum atomic E-state index is -0.432. The number of aromatic nitrogens is 2. The van der Waals surface area contributed by atoms with Crippen molar-refractivity contribution in [2.45, 2.75) is 38.7 Å². The van der Waals surface area contributed by atoms with Crippen LogP contribution >= 0.6 is 0 Å². The van der Waals surface area contributed by atoms with Gasteiger partial charge in [-0.25, -0.2) is 9.37 Å². The largest absolute Gasteiger partial charge is 0.484 e. The van der Waals surface area contributed by atoms with Gasteiger partial charge in [0, 0.05) is 23.4 Å². The average Bonchev–Trinajstić information content (AvgIpc) is 3.06. The van der Waals surface area contributed by atoms with Crippen LogP contribution in [0.1, 0.15) is 42.7 Å². The molecule has 33 heavy (non-hydrogen) atoms. The van der Waals surface area contributed by atoms with Crippen LogP contribution in [0.25, 0.3) is 11.1 Å². The number of carbonyl (C=O) groups excluding carboxylic acids is 1. The third-order valence-electron chi connectivity index (χ3n) is 5.93. The highest BCUT2D eigenvalue weighted by molar-refractivity contribution is 5.72. The molecule has 0 spiro atoms. The van der Waals surface area contributed by atoms with Gasteiger partial charge >= 0.3 is 5.97 Å². The Bertz CT molecular complexity index is 1130. The summed E-state index contributed by atoms with van der Waals surface area (Å²) in [5.41, 5.74) is 4.00. The van der Waals surface area contributed by atoms with Crippen molar-refractivity contribution in [2.24, 2.45) is 5.92 Å². The fourth-order valence-electron chi connectivity index (χ4n) is 4.09. The van der Waals surface area contributed by atoms with E-state index in [1.165, 1.54) is 14.2 Å². The third-order valence-corrected chi connectivity index (χ3v) is 5.93. The lowest BCUT2D eigenvalue weighted by Gasteiger charge is -2.18. The smallest absolute Gasteiger partial charge is 0.308 e. The summed E-state index contributed by atoms with van der Waals surface area (Å²) in [6.07, 6.45) is 5.89. The number of ether oxygens (including phenoxy) is 3. The molecule has 0 bridgehead atoms. The highest BCUT2D eigenvalue weighted by Gasteiger charge is 2.22. The van der Waals surface area contributed by atoms with Crippen LogP contribution in [0.3, 0.4) is 0 Å². The van der Waals surface area contributed by atoms with Crippen molar-refractivity contribution in [3.63, 3.8) is 0 Å². The third kappa shape index (κ3) is 5.13. The van der Waals surface area contributed by atoms with Gasteiger partial charge in [0.1, 0.15) is 17.7 Å². The zero-order valence-electron chi connectivity index (χ0n) is 19.0. The van der Waals surface area contributed by atoms with E-state index in [1.807, 2.05) is 31.2 Å². The molecule has 0 saturated carbocycles. The standard InChI is InChI=1S/C26H27FN2O4/c1-16(26(30)32-3)11-17-7-8-18-5-4-6-23(33-24(18)12-17)22-10-9-19(14-28-22)20-13-25(31-2)29-15-21(20)27/h7-10,12-16,23H,4-6,11H2,1-3H3. The fourth-order valence-corrected chi connectivity index (χ4v) is 4.09. The second kappa shape index (κ2) is 9.98. The molecule has 1 aliphatic heterocycles. The summed E-state index contributed by atoms with van der Waals surface area (Å²) in [6, 6.07) is 11.4. The van der Waals surface area contributed by atoms with Crippen molar-refractivity contribution in [1.29, 1.82) is 0 Å². The van der Waals surface area contributed by atoms with Crippen molar-refractivity contribution >= 4 is 5.97 Å². The maximum Gasteiger partial charge on any atom is 0.308 e. The van der Waals surface area contributed by atoms with Crippen molar-refractivity contribution in [2.75, 3.05) is 14.2 Å². The first kappa shape index (κ1) is 22.7. The van der Waals surface area contributed by atoms with Crippen LogP contribution in [0, 0.1) is 11.7 Å². The normalized spacial score (nSPS) is 16.2. The molecular weight excluding hydrogens is 423 g/mol. The van der Waals surface area contributed by atoms with E-state index < -0.39 is 5.82 Å². The molecule has 7 heteroatoms. The SMILES string of the molecule is COC(=O)C(C)Cc1ccc2c(c1)OC(c1ccc(-c3cc(OC)ncc3F)cn1)CCC2. The summed E-state index contributed by atoms with van der Waals surface area (Å²) < 4.78 is 30.6. The Hall–Kier alpha value is -3.48. The van der Waals surface area contributed by atoms with Crippen molar-refractivity contribution < 1.29 is 23.4 Å². The first-order chi connectivity index (χ1) is 16.0. The number of aryl methyl sites for hydroxylation is 1. The molecular formula is C26H27FN2O4. The van der Waals surface area contributed by atoms with Gasteiger partial charge in [0.2, 0.25) is 5.88 Å². The van der Waals surface area contributed by atoms with E-state index in [4.69, 9.17) is 14.2 Å². The first-order valence-electron chi connectivity index (χ1n) is 11.0. The summed E-state index contributed by atoms with van der Waals surface area (Å²) in [5, 5.41) is 0. The molecule has 1 aromatic carbocycles. The molecule has 3 heterocycles. The summed E-state index contributed by atoms with van der Waals surface area (Å²) in [5.74, 6) is 0.283. The lowest BCUT2D eigenvalue weighted by molar-refractivity contribution is -0.144. The van der Waals surface area contributed by atoms with Crippen molar-refractivity contribution in [3.8, 4) is 22.8 Å². The summed E-state index contributed by atoms with van der Waals surface area (Å²) in [6.45, 7) is 1.86. The Labute approximate surface area is 192 Å². The fraction of sp³-hybridized carbons (Fsp3) is 0.346. The van der Waals surface area contributed by atoms with E-state index in [0.717, 1.165) is 48.0 Å². The van der Waals surface area contributed by atoms with Gasteiger partial charge < -0.3 is 14.2 Å². The number of nitrogens with zero attached hydrogens (tertiary/aromatic N) is 2. The molecule has 0 fully saturated rings. The lowest BCUT2D eigenvalue weighted by atomic mass is 9.98. The van der Waals surface area contributed by atoms with Crippen LogP contribution in [0.5, 0.6) is 11.6 Å². The Balaban J connectivity index is 1.54. The van der Waals surface area contributed by atoms with E-state index >= 15 is 0 Å². The van der Waals surface area contributed by atoms with Gasteiger partial charge in [0.05, 0.1) is 32.0 Å². The molecule has 0 amide bonds. The first-order valence-corrected chi connectivity index (χ1v) is 11.0. The summed E-state index contributed by atoms with van der Waals surface area (Å²) in [4.78, 5) is 20.3. The number of methoxy groups -OCH3 is 2. The zero-order chi connectivity index (χ0) is 23.4. The zero-order valence-corrected chi connectivity index (χ0v) is 19.0. The molecule has 2 atom stereocenters.